The number of aromatic hydroxyl groups is 1. The number of hydrogen-bond donors (Lipinski definition) is 2. The van der Waals surface area contributed by atoms with Crippen LogP contribution in [0, 0.1) is 6.92 Å². The molecule has 6 heteroatoms. The predicted octanol–water partition coefficient (Wildman–Crippen LogP) is 3.57. The Morgan fingerprint density at radius 2 is 1.79 bits per heavy atom. The lowest BCUT2D eigenvalue weighted by Gasteiger charge is -2.09. The fraction of sp³-hybridized carbons (Fsp3) is 0.0556. The first-order valence-electron chi connectivity index (χ1n) is 7.53. The summed E-state index contributed by atoms with van der Waals surface area (Å²) in [4.78, 5) is 8.70. The fourth-order valence-electron chi connectivity index (χ4n) is 2.57. The highest BCUT2D eigenvalue weighted by atomic mass is 16.3. The van der Waals surface area contributed by atoms with E-state index in [9.17, 15) is 5.11 Å². The normalized spacial score (nSPS) is 10.9. The van der Waals surface area contributed by atoms with Crippen LogP contribution in [-0.4, -0.2) is 24.9 Å². The van der Waals surface area contributed by atoms with E-state index < -0.39 is 0 Å². The van der Waals surface area contributed by atoms with Crippen LogP contribution >= 0.6 is 0 Å². The molecule has 0 saturated carbocycles. The summed E-state index contributed by atoms with van der Waals surface area (Å²) in [5.74, 6) is 0.922. The minimum atomic E-state index is 0.215. The Kier molecular flexibility index (Phi) is 3.35. The number of para-hydroxylation sites is 1. The van der Waals surface area contributed by atoms with Crippen LogP contribution in [0.4, 0.5) is 11.5 Å². The second kappa shape index (κ2) is 5.66. The Morgan fingerprint density at radius 3 is 2.58 bits per heavy atom. The van der Waals surface area contributed by atoms with Gasteiger partial charge in [-0.1, -0.05) is 18.2 Å². The van der Waals surface area contributed by atoms with Crippen molar-refractivity contribution in [3.63, 3.8) is 0 Å². The molecule has 0 fully saturated rings. The van der Waals surface area contributed by atoms with Crippen LogP contribution in [0.3, 0.4) is 0 Å². The van der Waals surface area contributed by atoms with Gasteiger partial charge in [0.25, 0.3) is 0 Å². The Morgan fingerprint density at radius 1 is 1.00 bits per heavy atom. The van der Waals surface area contributed by atoms with Gasteiger partial charge in [-0.3, -0.25) is 0 Å². The number of fused-ring (bicyclic) bond motifs is 1. The van der Waals surface area contributed by atoms with Crippen molar-refractivity contribution >= 4 is 22.5 Å². The van der Waals surface area contributed by atoms with Gasteiger partial charge in [-0.2, -0.15) is 5.10 Å². The first-order valence-corrected chi connectivity index (χ1v) is 7.53. The molecule has 0 amide bonds. The second-order valence-corrected chi connectivity index (χ2v) is 5.47. The molecule has 0 aliphatic rings. The first-order chi connectivity index (χ1) is 11.7. The second-order valence-electron chi connectivity index (χ2n) is 5.47. The standard InChI is InChI=1S/C18H15N5O/c1-12-4-2-3-5-16(12)22-17-15-10-21-23(18(15)20-11-19-17)13-6-8-14(24)9-7-13/h2-11,24H,1H3,(H,19,20,22). The van der Waals surface area contributed by atoms with E-state index >= 15 is 0 Å². The molecule has 0 spiro atoms. The van der Waals surface area contributed by atoms with E-state index in [1.165, 1.54) is 6.33 Å². The highest BCUT2D eigenvalue weighted by molar-refractivity contribution is 5.89. The number of benzene rings is 2. The molecule has 2 aromatic carbocycles. The molecule has 2 aromatic heterocycles. The third kappa shape index (κ3) is 2.44. The number of aryl methyl sites for hydroxylation is 1. The minimum Gasteiger partial charge on any atom is -0.508 e. The van der Waals surface area contributed by atoms with Gasteiger partial charge in [-0.05, 0) is 42.8 Å². The molecular weight excluding hydrogens is 302 g/mol. The van der Waals surface area contributed by atoms with E-state index in [1.54, 1.807) is 35.1 Å². The SMILES string of the molecule is Cc1ccccc1Nc1ncnc2c1cnn2-c1ccc(O)cc1. The summed E-state index contributed by atoms with van der Waals surface area (Å²) in [7, 11) is 0. The van der Waals surface area contributed by atoms with Crippen molar-refractivity contribution in [2.75, 3.05) is 5.32 Å². The summed E-state index contributed by atoms with van der Waals surface area (Å²) in [6.45, 7) is 2.04. The average molecular weight is 317 g/mol. The van der Waals surface area contributed by atoms with Gasteiger partial charge in [0.15, 0.2) is 5.65 Å². The molecule has 4 rings (SSSR count). The summed E-state index contributed by atoms with van der Waals surface area (Å²) in [6.07, 6.45) is 3.25. The van der Waals surface area contributed by atoms with Gasteiger partial charge < -0.3 is 10.4 Å². The van der Waals surface area contributed by atoms with Gasteiger partial charge in [0.05, 0.1) is 17.3 Å². The van der Waals surface area contributed by atoms with Gasteiger partial charge in [0.2, 0.25) is 0 Å². The summed E-state index contributed by atoms with van der Waals surface area (Å²) in [5, 5.41) is 18.0. The zero-order chi connectivity index (χ0) is 16.5. The maximum atomic E-state index is 9.44. The Labute approximate surface area is 138 Å². The maximum Gasteiger partial charge on any atom is 0.168 e. The van der Waals surface area contributed by atoms with Crippen molar-refractivity contribution in [3.8, 4) is 11.4 Å². The molecule has 2 heterocycles. The zero-order valence-corrected chi connectivity index (χ0v) is 13.0. The van der Waals surface area contributed by atoms with Crippen LogP contribution in [0.25, 0.3) is 16.7 Å². The molecule has 2 N–H and O–H groups in total. The molecule has 24 heavy (non-hydrogen) atoms. The smallest absolute Gasteiger partial charge is 0.168 e. The molecule has 6 nitrogen and oxygen atoms in total. The Hall–Kier alpha value is -3.41. The lowest BCUT2D eigenvalue weighted by atomic mass is 10.2. The molecule has 0 unspecified atom stereocenters. The van der Waals surface area contributed by atoms with Crippen molar-refractivity contribution in [3.05, 3.63) is 66.6 Å². The first kappa shape index (κ1) is 14.2. The average Bonchev–Trinajstić information content (AvgIpc) is 3.03. The monoisotopic (exact) mass is 317 g/mol. The van der Waals surface area contributed by atoms with E-state index in [0.717, 1.165) is 22.3 Å². The van der Waals surface area contributed by atoms with Crippen LogP contribution in [0.1, 0.15) is 5.56 Å². The van der Waals surface area contributed by atoms with Gasteiger partial charge in [-0.25, -0.2) is 14.6 Å². The number of nitrogens with zero attached hydrogens (tertiary/aromatic N) is 4. The van der Waals surface area contributed by atoms with E-state index in [0.29, 0.717) is 11.5 Å². The molecule has 4 aromatic rings. The van der Waals surface area contributed by atoms with Crippen LogP contribution in [0.15, 0.2) is 61.1 Å². The van der Waals surface area contributed by atoms with Crippen LogP contribution in [-0.2, 0) is 0 Å². The van der Waals surface area contributed by atoms with Crippen molar-refractivity contribution in [1.29, 1.82) is 0 Å². The van der Waals surface area contributed by atoms with Gasteiger partial charge >= 0.3 is 0 Å². The number of anilines is 2. The summed E-state index contributed by atoms with van der Waals surface area (Å²) in [6, 6.07) is 14.9. The summed E-state index contributed by atoms with van der Waals surface area (Å²) >= 11 is 0. The zero-order valence-electron chi connectivity index (χ0n) is 13.0. The molecule has 118 valence electrons. The third-order valence-electron chi connectivity index (χ3n) is 3.86. The number of aromatic nitrogens is 4. The molecule has 0 atom stereocenters. The Balaban J connectivity index is 1.79. The van der Waals surface area contributed by atoms with E-state index in [2.05, 4.69) is 20.4 Å². The number of rotatable bonds is 3. The van der Waals surface area contributed by atoms with Crippen molar-refractivity contribution in [1.82, 2.24) is 19.7 Å². The molecule has 0 saturated heterocycles. The van der Waals surface area contributed by atoms with Crippen LogP contribution in [0.5, 0.6) is 5.75 Å². The summed E-state index contributed by atoms with van der Waals surface area (Å²) in [5.41, 5.74) is 3.65. The van der Waals surface area contributed by atoms with Crippen molar-refractivity contribution in [2.45, 2.75) is 6.92 Å². The molecule has 0 radical (unpaired) electrons. The van der Waals surface area contributed by atoms with Crippen molar-refractivity contribution < 1.29 is 5.11 Å². The van der Waals surface area contributed by atoms with Gasteiger partial charge in [0, 0.05) is 5.69 Å². The number of phenols is 1. The van der Waals surface area contributed by atoms with Gasteiger partial charge in [-0.15, -0.1) is 0 Å². The maximum absolute atomic E-state index is 9.44. The molecule has 0 aliphatic carbocycles. The number of hydrogen-bond acceptors (Lipinski definition) is 5. The Bertz CT molecular complexity index is 1010. The predicted molar refractivity (Wildman–Crippen MR) is 92.8 cm³/mol. The minimum absolute atomic E-state index is 0.215. The van der Waals surface area contributed by atoms with E-state index in [1.807, 2.05) is 31.2 Å². The van der Waals surface area contributed by atoms with E-state index in [-0.39, 0.29) is 5.75 Å². The molecule has 0 aliphatic heterocycles. The molecular formula is C18H15N5O. The fourth-order valence-corrected chi connectivity index (χ4v) is 2.57. The van der Waals surface area contributed by atoms with Crippen molar-refractivity contribution in [2.24, 2.45) is 0 Å². The number of nitrogens with one attached hydrogen (secondary N) is 1. The van der Waals surface area contributed by atoms with E-state index in [4.69, 9.17) is 0 Å². The quantitative estimate of drug-likeness (QED) is 0.604. The topological polar surface area (TPSA) is 75.9 Å². The lowest BCUT2D eigenvalue weighted by molar-refractivity contribution is 0.475. The largest absolute Gasteiger partial charge is 0.508 e. The third-order valence-corrected chi connectivity index (χ3v) is 3.86. The summed E-state index contributed by atoms with van der Waals surface area (Å²) < 4.78 is 1.72. The highest BCUT2D eigenvalue weighted by Gasteiger charge is 2.11. The van der Waals surface area contributed by atoms with Crippen LogP contribution < -0.4 is 5.32 Å². The van der Waals surface area contributed by atoms with Crippen LogP contribution in [0.2, 0.25) is 0 Å². The molecule has 0 bridgehead atoms. The van der Waals surface area contributed by atoms with Gasteiger partial charge in [0.1, 0.15) is 17.9 Å². The lowest BCUT2D eigenvalue weighted by Crippen LogP contribution is -2.00. The number of phenolic OH excluding ortho intramolecular Hbond substituents is 1. The highest BCUT2D eigenvalue weighted by Crippen LogP contribution is 2.26.